The molecule has 1 aliphatic rings. The first-order chi connectivity index (χ1) is 20.3. The highest BCUT2D eigenvalue weighted by Gasteiger charge is 2.36. The van der Waals surface area contributed by atoms with Crippen molar-refractivity contribution in [2.75, 3.05) is 6.61 Å². The fraction of sp³-hybridized carbons (Fsp3) is 0.189. The molecule has 4 heteroatoms. The van der Waals surface area contributed by atoms with E-state index >= 15 is 0 Å². The molecule has 1 aliphatic heterocycles. The van der Waals surface area contributed by atoms with E-state index in [1.54, 1.807) is 0 Å². The van der Waals surface area contributed by atoms with Gasteiger partial charge in [0.2, 0.25) is 0 Å². The summed E-state index contributed by atoms with van der Waals surface area (Å²) in [6.45, 7) is 1.74. The molecule has 0 saturated carbocycles. The average molecular weight is 543 g/mol. The van der Waals surface area contributed by atoms with Crippen LogP contribution in [0, 0.1) is 0 Å². The number of benzene rings is 5. The summed E-state index contributed by atoms with van der Waals surface area (Å²) in [5, 5.41) is 2.33. The molecule has 0 amide bonds. The van der Waals surface area contributed by atoms with Crippen LogP contribution in [-0.2, 0) is 38.8 Å². The van der Waals surface area contributed by atoms with Gasteiger partial charge in [0.05, 0.1) is 19.8 Å². The first-order valence-electron chi connectivity index (χ1n) is 14.1. The molecule has 6 rings (SSSR count). The largest absolute Gasteiger partial charge is 0.491 e. The lowest BCUT2D eigenvalue weighted by molar-refractivity contribution is -0.142. The Labute approximate surface area is 241 Å². The molecule has 0 N–H and O–H groups in total. The van der Waals surface area contributed by atoms with Crippen molar-refractivity contribution in [1.29, 1.82) is 0 Å². The molecule has 5 aromatic rings. The van der Waals surface area contributed by atoms with Crippen LogP contribution in [0.2, 0.25) is 0 Å². The van der Waals surface area contributed by atoms with Crippen LogP contribution in [0.1, 0.15) is 28.4 Å². The molecule has 5 aromatic carbocycles. The zero-order chi connectivity index (χ0) is 27.7. The van der Waals surface area contributed by atoms with Crippen LogP contribution in [0.4, 0.5) is 0 Å². The van der Waals surface area contributed by atoms with Crippen molar-refractivity contribution in [3.8, 4) is 0 Å². The molecule has 0 radical (unpaired) electrons. The topological polar surface area (TPSA) is 36.9 Å². The first-order valence-corrected chi connectivity index (χ1v) is 14.1. The van der Waals surface area contributed by atoms with Crippen LogP contribution in [0.3, 0.4) is 0 Å². The lowest BCUT2D eigenvalue weighted by Gasteiger charge is -2.36. The van der Waals surface area contributed by atoms with E-state index in [0.717, 1.165) is 33.4 Å². The Morgan fingerprint density at radius 2 is 1.15 bits per heavy atom. The summed E-state index contributed by atoms with van der Waals surface area (Å²) in [6, 6.07) is 45.3. The van der Waals surface area contributed by atoms with Gasteiger partial charge in [-0.1, -0.05) is 133 Å². The minimum atomic E-state index is -0.430. The van der Waals surface area contributed by atoms with Crippen molar-refractivity contribution in [3.63, 3.8) is 0 Å². The molecule has 41 heavy (non-hydrogen) atoms. The first kappa shape index (κ1) is 27.0. The Kier molecular flexibility index (Phi) is 8.83. The van der Waals surface area contributed by atoms with Crippen LogP contribution < -0.4 is 0 Å². The second-order valence-electron chi connectivity index (χ2n) is 10.2. The lowest BCUT2D eigenvalue weighted by Crippen LogP contribution is -2.41. The van der Waals surface area contributed by atoms with Crippen LogP contribution >= 0.6 is 0 Å². The number of rotatable bonds is 11. The van der Waals surface area contributed by atoms with E-state index in [-0.39, 0.29) is 12.2 Å². The molecule has 0 aromatic heterocycles. The van der Waals surface area contributed by atoms with E-state index in [0.29, 0.717) is 26.4 Å². The molecule has 1 heterocycles. The standard InChI is InChI=1S/C37H34O4/c1-4-13-28(14-5-1)24-38-27-36-37(40-26-30-17-8-3-9-18-30)35(39-25-29-15-6-2-7-16-29)23-34(41-36)33-22-12-20-31-19-10-11-21-32(31)33/h1-23,34,36-37H,24-27H2/t34-,36+,37-/m0/s1. The Hall–Kier alpha value is -4.22. The van der Waals surface area contributed by atoms with Crippen LogP contribution in [0.15, 0.2) is 145 Å². The highest BCUT2D eigenvalue weighted by Crippen LogP contribution is 2.36. The van der Waals surface area contributed by atoms with Crippen molar-refractivity contribution in [2.24, 2.45) is 0 Å². The van der Waals surface area contributed by atoms with Gasteiger partial charge >= 0.3 is 0 Å². The predicted octanol–water partition coefficient (Wildman–Crippen LogP) is 8.18. The van der Waals surface area contributed by atoms with E-state index in [2.05, 4.69) is 84.9 Å². The molecule has 0 spiro atoms. The smallest absolute Gasteiger partial charge is 0.143 e. The Bertz CT molecular complexity index is 1540. The van der Waals surface area contributed by atoms with Crippen LogP contribution in [0.5, 0.6) is 0 Å². The molecule has 4 nitrogen and oxygen atoms in total. The maximum atomic E-state index is 6.80. The third kappa shape index (κ3) is 6.93. The summed E-state index contributed by atoms with van der Waals surface area (Å²) in [5.41, 5.74) is 4.40. The number of ether oxygens (including phenoxy) is 4. The van der Waals surface area contributed by atoms with Gasteiger partial charge in [0.1, 0.15) is 30.7 Å². The third-order valence-corrected chi connectivity index (χ3v) is 7.30. The van der Waals surface area contributed by atoms with Gasteiger partial charge < -0.3 is 18.9 Å². The Morgan fingerprint density at radius 1 is 0.561 bits per heavy atom. The number of fused-ring (bicyclic) bond motifs is 1. The Balaban J connectivity index is 1.32. The summed E-state index contributed by atoms with van der Waals surface area (Å²) in [6.07, 6.45) is 0.963. The van der Waals surface area contributed by atoms with Gasteiger partial charge in [-0.3, -0.25) is 0 Å². The zero-order valence-electron chi connectivity index (χ0n) is 23.0. The number of hydrogen-bond donors (Lipinski definition) is 0. The van der Waals surface area contributed by atoms with Gasteiger partial charge in [-0.05, 0) is 39.1 Å². The second-order valence-corrected chi connectivity index (χ2v) is 10.2. The van der Waals surface area contributed by atoms with Crippen LogP contribution in [-0.4, -0.2) is 18.8 Å². The SMILES string of the molecule is C1=C(OCc2ccccc2)[C@H](OCc2ccccc2)[C@@H](COCc2ccccc2)O[C@@H]1c1cccc2ccccc12. The van der Waals surface area contributed by atoms with E-state index in [1.165, 1.54) is 5.39 Å². The molecule has 0 bridgehead atoms. The summed E-state index contributed by atoms with van der Waals surface area (Å²) >= 11 is 0. The highest BCUT2D eigenvalue weighted by atomic mass is 16.6. The minimum Gasteiger partial charge on any atom is -0.491 e. The van der Waals surface area contributed by atoms with Crippen molar-refractivity contribution >= 4 is 10.8 Å². The fourth-order valence-corrected chi connectivity index (χ4v) is 5.20. The molecular weight excluding hydrogens is 508 g/mol. The zero-order valence-corrected chi connectivity index (χ0v) is 23.0. The van der Waals surface area contributed by atoms with E-state index in [1.807, 2.05) is 54.6 Å². The maximum absolute atomic E-state index is 6.80. The summed E-state index contributed by atoms with van der Waals surface area (Å²) in [7, 11) is 0. The van der Waals surface area contributed by atoms with Gasteiger partial charge in [0.25, 0.3) is 0 Å². The summed E-state index contributed by atoms with van der Waals surface area (Å²) in [4.78, 5) is 0. The van der Waals surface area contributed by atoms with E-state index in [9.17, 15) is 0 Å². The van der Waals surface area contributed by atoms with E-state index < -0.39 is 6.10 Å². The minimum absolute atomic E-state index is 0.311. The molecular formula is C37H34O4. The second kappa shape index (κ2) is 13.4. The van der Waals surface area contributed by atoms with Gasteiger partial charge in [-0.25, -0.2) is 0 Å². The van der Waals surface area contributed by atoms with Gasteiger partial charge in [-0.2, -0.15) is 0 Å². The third-order valence-electron chi connectivity index (χ3n) is 7.30. The normalized spacial score (nSPS) is 18.6. The molecule has 0 saturated heterocycles. The molecule has 206 valence electrons. The fourth-order valence-electron chi connectivity index (χ4n) is 5.20. The van der Waals surface area contributed by atoms with Crippen molar-refractivity contribution in [1.82, 2.24) is 0 Å². The molecule has 0 fully saturated rings. The summed E-state index contributed by atoms with van der Waals surface area (Å²) in [5.74, 6) is 0.766. The molecule has 0 unspecified atom stereocenters. The van der Waals surface area contributed by atoms with Gasteiger partial charge in [0.15, 0.2) is 0 Å². The molecule has 0 aliphatic carbocycles. The van der Waals surface area contributed by atoms with E-state index in [4.69, 9.17) is 18.9 Å². The highest BCUT2D eigenvalue weighted by molar-refractivity contribution is 5.86. The predicted molar refractivity (Wildman–Crippen MR) is 162 cm³/mol. The van der Waals surface area contributed by atoms with Crippen molar-refractivity contribution < 1.29 is 18.9 Å². The van der Waals surface area contributed by atoms with Gasteiger partial charge in [-0.15, -0.1) is 0 Å². The Morgan fingerprint density at radius 3 is 1.85 bits per heavy atom. The van der Waals surface area contributed by atoms with Crippen molar-refractivity contribution in [3.05, 3.63) is 168 Å². The molecule has 3 atom stereocenters. The summed E-state index contributed by atoms with van der Waals surface area (Å²) < 4.78 is 26.1. The lowest BCUT2D eigenvalue weighted by atomic mass is 9.96. The average Bonchev–Trinajstić information content (AvgIpc) is 3.04. The van der Waals surface area contributed by atoms with Crippen molar-refractivity contribution in [2.45, 2.75) is 38.1 Å². The van der Waals surface area contributed by atoms with Crippen LogP contribution in [0.25, 0.3) is 10.8 Å². The monoisotopic (exact) mass is 542 g/mol. The number of hydrogen-bond acceptors (Lipinski definition) is 4. The van der Waals surface area contributed by atoms with Gasteiger partial charge in [0, 0.05) is 0 Å². The quantitative estimate of drug-likeness (QED) is 0.169. The maximum Gasteiger partial charge on any atom is 0.143 e.